The van der Waals surface area contributed by atoms with Crippen LogP contribution in [0.25, 0.3) is 0 Å². The van der Waals surface area contributed by atoms with Gasteiger partial charge in [0.05, 0.1) is 17.3 Å². The summed E-state index contributed by atoms with van der Waals surface area (Å²) in [5.74, 6) is 0. The van der Waals surface area contributed by atoms with Gasteiger partial charge in [-0.2, -0.15) is 0 Å². The summed E-state index contributed by atoms with van der Waals surface area (Å²) in [5, 5.41) is 13.4. The molecule has 4 N–H and O–H groups in total. The standard InChI is InChI=1S/C13H21ClN2O/c1-3-13(4-2,9-17)8-16-12-6-5-10(15)7-11(12)14/h5-7,16-17H,3-4,8-9,15H2,1-2H3. The Balaban J connectivity index is 2.72. The van der Waals surface area contributed by atoms with Crippen LogP contribution < -0.4 is 11.1 Å². The van der Waals surface area contributed by atoms with Crippen LogP contribution >= 0.6 is 11.6 Å². The molecule has 0 fully saturated rings. The number of hydrogen-bond donors (Lipinski definition) is 3. The Labute approximate surface area is 108 Å². The molecule has 96 valence electrons. The van der Waals surface area contributed by atoms with Crippen molar-refractivity contribution in [3.8, 4) is 0 Å². The van der Waals surface area contributed by atoms with E-state index in [-0.39, 0.29) is 12.0 Å². The minimum Gasteiger partial charge on any atom is -0.399 e. The van der Waals surface area contributed by atoms with Crippen molar-refractivity contribution in [3.05, 3.63) is 23.2 Å². The van der Waals surface area contributed by atoms with Gasteiger partial charge in [-0.15, -0.1) is 0 Å². The van der Waals surface area contributed by atoms with Crippen molar-refractivity contribution in [2.75, 3.05) is 24.2 Å². The Morgan fingerprint density at radius 3 is 2.47 bits per heavy atom. The molecule has 0 saturated heterocycles. The van der Waals surface area contributed by atoms with Crippen molar-refractivity contribution in [2.24, 2.45) is 5.41 Å². The molecule has 0 aliphatic carbocycles. The lowest BCUT2D eigenvalue weighted by Gasteiger charge is -2.30. The fourth-order valence-electron chi connectivity index (χ4n) is 1.74. The number of aliphatic hydroxyl groups excluding tert-OH is 1. The van der Waals surface area contributed by atoms with Crippen molar-refractivity contribution in [2.45, 2.75) is 26.7 Å². The molecule has 0 amide bonds. The first kappa shape index (κ1) is 14.1. The topological polar surface area (TPSA) is 58.3 Å². The van der Waals surface area contributed by atoms with Crippen molar-refractivity contribution in [3.63, 3.8) is 0 Å². The van der Waals surface area contributed by atoms with E-state index in [9.17, 15) is 5.11 Å². The summed E-state index contributed by atoms with van der Waals surface area (Å²) in [6, 6.07) is 5.40. The molecule has 1 aromatic carbocycles. The van der Waals surface area contributed by atoms with Crippen molar-refractivity contribution in [1.82, 2.24) is 0 Å². The van der Waals surface area contributed by atoms with Gasteiger partial charge in [0.25, 0.3) is 0 Å². The molecule has 17 heavy (non-hydrogen) atoms. The fraction of sp³-hybridized carbons (Fsp3) is 0.538. The van der Waals surface area contributed by atoms with Crippen LogP contribution in [0.5, 0.6) is 0 Å². The van der Waals surface area contributed by atoms with Crippen LogP contribution in [0, 0.1) is 5.41 Å². The van der Waals surface area contributed by atoms with Crippen LogP contribution in [-0.4, -0.2) is 18.3 Å². The molecule has 0 heterocycles. The molecule has 0 atom stereocenters. The molecule has 1 rings (SSSR count). The Bertz CT molecular complexity index is 356. The van der Waals surface area contributed by atoms with Crippen molar-refractivity contribution >= 4 is 23.0 Å². The first-order chi connectivity index (χ1) is 8.06. The van der Waals surface area contributed by atoms with Gasteiger partial charge < -0.3 is 16.2 Å². The molecule has 0 radical (unpaired) electrons. The Morgan fingerprint density at radius 1 is 1.35 bits per heavy atom. The summed E-state index contributed by atoms with van der Waals surface area (Å²) in [4.78, 5) is 0. The number of nitrogens with two attached hydrogens (primary N) is 1. The summed E-state index contributed by atoms with van der Waals surface area (Å²) in [6.45, 7) is 5.07. The zero-order chi connectivity index (χ0) is 12.9. The van der Waals surface area contributed by atoms with Crippen LogP contribution in [0.3, 0.4) is 0 Å². The molecule has 0 aliphatic rings. The molecule has 1 aromatic rings. The molecule has 0 aliphatic heterocycles. The van der Waals surface area contributed by atoms with Crippen LogP contribution in [0.15, 0.2) is 18.2 Å². The van der Waals surface area contributed by atoms with Gasteiger partial charge in [-0.3, -0.25) is 0 Å². The van der Waals surface area contributed by atoms with Crippen LogP contribution in [0.2, 0.25) is 5.02 Å². The first-order valence-corrected chi connectivity index (χ1v) is 6.34. The highest BCUT2D eigenvalue weighted by atomic mass is 35.5. The summed E-state index contributed by atoms with van der Waals surface area (Å²) in [7, 11) is 0. The maximum atomic E-state index is 9.47. The lowest BCUT2D eigenvalue weighted by Crippen LogP contribution is -2.32. The van der Waals surface area contributed by atoms with Gasteiger partial charge >= 0.3 is 0 Å². The number of anilines is 2. The number of hydrogen-bond acceptors (Lipinski definition) is 3. The summed E-state index contributed by atoms with van der Waals surface area (Å²) >= 11 is 6.08. The van der Waals surface area contributed by atoms with Crippen molar-refractivity contribution in [1.29, 1.82) is 0 Å². The van der Waals surface area contributed by atoms with Crippen LogP contribution in [0.1, 0.15) is 26.7 Å². The van der Waals surface area contributed by atoms with E-state index in [4.69, 9.17) is 17.3 Å². The first-order valence-electron chi connectivity index (χ1n) is 5.96. The van der Waals surface area contributed by atoms with Crippen LogP contribution in [0.4, 0.5) is 11.4 Å². The minimum atomic E-state index is -0.0787. The van der Waals surface area contributed by atoms with E-state index in [1.807, 2.05) is 12.1 Å². The highest BCUT2D eigenvalue weighted by Crippen LogP contribution is 2.29. The number of halogens is 1. The highest BCUT2D eigenvalue weighted by Gasteiger charge is 2.25. The zero-order valence-electron chi connectivity index (χ0n) is 10.5. The van der Waals surface area contributed by atoms with E-state index in [2.05, 4.69) is 19.2 Å². The number of nitrogen functional groups attached to an aromatic ring is 1. The minimum absolute atomic E-state index is 0.0787. The van der Waals surface area contributed by atoms with Gasteiger partial charge in [-0.1, -0.05) is 25.4 Å². The van der Waals surface area contributed by atoms with Gasteiger partial charge in [-0.25, -0.2) is 0 Å². The van der Waals surface area contributed by atoms with E-state index in [1.54, 1.807) is 6.07 Å². The van der Waals surface area contributed by atoms with Gasteiger partial charge in [0.1, 0.15) is 0 Å². The van der Waals surface area contributed by atoms with E-state index in [0.717, 1.165) is 18.5 Å². The third kappa shape index (κ3) is 3.51. The highest BCUT2D eigenvalue weighted by molar-refractivity contribution is 6.33. The maximum absolute atomic E-state index is 9.47. The zero-order valence-corrected chi connectivity index (χ0v) is 11.2. The van der Waals surface area contributed by atoms with Gasteiger partial charge in [-0.05, 0) is 31.0 Å². The fourth-order valence-corrected chi connectivity index (χ4v) is 1.99. The molecule has 0 unspecified atom stereocenters. The average Bonchev–Trinajstić information content (AvgIpc) is 2.33. The van der Waals surface area contributed by atoms with E-state index in [1.165, 1.54) is 0 Å². The molecular weight excluding hydrogens is 236 g/mol. The maximum Gasteiger partial charge on any atom is 0.0657 e. The van der Waals surface area contributed by atoms with E-state index < -0.39 is 0 Å². The van der Waals surface area contributed by atoms with Crippen molar-refractivity contribution < 1.29 is 5.11 Å². The number of aliphatic hydroxyl groups is 1. The largest absolute Gasteiger partial charge is 0.399 e. The van der Waals surface area contributed by atoms with Gasteiger partial charge in [0, 0.05) is 17.6 Å². The Morgan fingerprint density at radius 2 is 2.00 bits per heavy atom. The molecule has 0 spiro atoms. The van der Waals surface area contributed by atoms with Gasteiger partial charge in [0.2, 0.25) is 0 Å². The predicted molar refractivity (Wildman–Crippen MR) is 74.5 cm³/mol. The smallest absolute Gasteiger partial charge is 0.0657 e. The number of nitrogens with one attached hydrogen (secondary N) is 1. The predicted octanol–water partition coefficient (Wildman–Crippen LogP) is 3.13. The Kier molecular flexibility index (Phi) is 5.09. The van der Waals surface area contributed by atoms with E-state index in [0.29, 0.717) is 17.3 Å². The quantitative estimate of drug-likeness (QED) is 0.686. The third-order valence-electron chi connectivity index (χ3n) is 3.48. The number of rotatable bonds is 6. The lowest BCUT2D eigenvalue weighted by atomic mass is 9.83. The third-order valence-corrected chi connectivity index (χ3v) is 3.80. The molecular formula is C13H21ClN2O. The Hall–Kier alpha value is -0.930. The average molecular weight is 257 g/mol. The normalized spacial score (nSPS) is 11.5. The number of benzene rings is 1. The molecule has 4 heteroatoms. The summed E-state index contributed by atoms with van der Waals surface area (Å²) in [5.41, 5.74) is 7.07. The second-order valence-corrected chi connectivity index (χ2v) is 4.87. The lowest BCUT2D eigenvalue weighted by molar-refractivity contribution is 0.127. The van der Waals surface area contributed by atoms with Gasteiger partial charge in [0.15, 0.2) is 0 Å². The summed E-state index contributed by atoms with van der Waals surface area (Å²) in [6.07, 6.45) is 1.86. The molecule has 0 bridgehead atoms. The van der Waals surface area contributed by atoms with Crippen LogP contribution in [-0.2, 0) is 0 Å². The summed E-state index contributed by atoms with van der Waals surface area (Å²) < 4.78 is 0. The van der Waals surface area contributed by atoms with E-state index >= 15 is 0 Å². The molecule has 0 aromatic heterocycles. The second-order valence-electron chi connectivity index (χ2n) is 4.46. The SMILES string of the molecule is CCC(CC)(CO)CNc1ccc(N)cc1Cl. The molecule has 0 saturated carbocycles. The molecule has 3 nitrogen and oxygen atoms in total. The monoisotopic (exact) mass is 256 g/mol. The second kappa shape index (κ2) is 6.12.